The third-order valence-electron chi connectivity index (χ3n) is 3.07. The van der Waals surface area contributed by atoms with Crippen molar-refractivity contribution >= 4 is 11.9 Å². The molecule has 0 rings (SSSR count). The molecular formula is C18H32O4. The summed E-state index contributed by atoms with van der Waals surface area (Å²) in [4.78, 5) is 20.8. The molecule has 0 saturated carbocycles. The van der Waals surface area contributed by atoms with Gasteiger partial charge in [0, 0.05) is 12.5 Å². The van der Waals surface area contributed by atoms with Crippen LogP contribution >= 0.6 is 0 Å². The molecule has 4 nitrogen and oxygen atoms in total. The van der Waals surface area contributed by atoms with Crippen LogP contribution < -0.4 is 0 Å². The van der Waals surface area contributed by atoms with E-state index in [-0.39, 0.29) is 5.97 Å². The second-order valence-electron chi connectivity index (χ2n) is 4.96. The molecule has 0 aliphatic heterocycles. The Morgan fingerprint density at radius 1 is 0.909 bits per heavy atom. The van der Waals surface area contributed by atoms with Gasteiger partial charge in [-0.3, -0.25) is 4.79 Å². The van der Waals surface area contributed by atoms with Gasteiger partial charge in [0.1, 0.15) is 0 Å². The lowest BCUT2D eigenvalue weighted by Crippen LogP contribution is -1.98. The first-order valence-corrected chi connectivity index (χ1v) is 8.13. The number of hydrogen-bond donors (Lipinski definition) is 0. The van der Waals surface area contributed by atoms with E-state index in [0.717, 1.165) is 18.9 Å². The van der Waals surface area contributed by atoms with Crippen molar-refractivity contribution in [3.63, 3.8) is 0 Å². The maximum Gasteiger partial charge on any atom is 0.329 e. The molecule has 0 amide bonds. The highest BCUT2D eigenvalue weighted by Gasteiger charge is 1.99. The highest BCUT2D eigenvalue weighted by atomic mass is 16.5. The third kappa shape index (κ3) is 20.7. The minimum absolute atomic E-state index is 0.155. The maximum atomic E-state index is 11.0. The molecule has 0 aromatic heterocycles. The van der Waals surface area contributed by atoms with Crippen molar-refractivity contribution in [1.82, 2.24) is 0 Å². The van der Waals surface area contributed by atoms with Gasteiger partial charge in [0.25, 0.3) is 0 Å². The van der Waals surface area contributed by atoms with Gasteiger partial charge >= 0.3 is 11.9 Å². The lowest BCUT2D eigenvalue weighted by Gasteiger charge is -2.01. The Balaban J connectivity index is 0. The summed E-state index contributed by atoms with van der Waals surface area (Å²) in [7, 11) is 1.31. The second-order valence-corrected chi connectivity index (χ2v) is 4.96. The fourth-order valence-electron chi connectivity index (χ4n) is 1.82. The van der Waals surface area contributed by atoms with E-state index >= 15 is 0 Å². The van der Waals surface area contributed by atoms with Crippen molar-refractivity contribution < 1.29 is 19.1 Å². The predicted molar refractivity (Wildman–Crippen MR) is 90.3 cm³/mol. The van der Waals surface area contributed by atoms with E-state index in [1.807, 2.05) is 0 Å². The van der Waals surface area contributed by atoms with Gasteiger partial charge in [-0.05, 0) is 6.42 Å². The number of hydrogen-bond acceptors (Lipinski definition) is 4. The van der Waals surface area contributed by atoms with Gasteiger partial charge in [-0.15, -0.1) is 0 Å². The summed E-state index contributed by atoms with van der Waals surface area (Å²) >= 11 is 0. The molecule has 0 heterocycles. The molecule has 0 N–H and O–H groups in total. The number of unbranched alkanes of at least 4 members (excludes halogenated alkanes) is 8. The predicted octanol–water partition coefficient (Wildman–Crippen LogP) is 4.94. The van der Waals surface area contributed by atoms with E-state index in [4.69, 9.17) is 0 Å². The summed E-state index contributed by atoms with van der Waals surface area (Å²) in [6, 6.07) is 0. The second kappa shape index (κ2) is 19.4. The Morgan fingerprint density at radius 3 is 1.77 bits per heavy atom. The van der Waals surface area contributed by atoms with Gasteiger partial charge in [-0.1, -0.05) is 71.4 Å². The average Bonchev–Trinajstić information content (AvgIpc) is 2.53. The first-order valence-electron chi connectivity index (χ1n) is 8.13. The van der Waals surface area contributed by atoms with Gasteiger partial charge in [-0.25, -0.2) is 4.79 Å². The Bertz CT molecular complexity index is 297. The third-order valence-corrected chi connectivity index (χ3v) is 3.07. The summed E-state index contributed by atoms with van der Waals surface area (Å²) in [6.07, 6.45) is 14.2. The van der Waals surface area contributed by atoms with Crippen LogP contribution in [-0.2, 0) is 19.1 Å². The van der Waals surface area contributed by atoms with Crippen molar-refractivity contribution in [3.8, 4) is 0 Å². The molecule has 0 fully saturated rings. The van der Waals surface area contributed by atoms with Crippen LogP contribution in [0.3, 0.4) is 0 Å². The van der Waals surface area contributed by atoms with Crippen molar-refractivity contribution in [2.45, 2.75) is 71.1 Å². The van der Waals surface area contributed by atoms with E-state index in [2.05, 4.69) is 29.6 Å². The lowest BCUT2D eigenvalue weighted by molar-refractivity contribution is -0.138. The van der Waals surface area contributed by atoms with Gasteiger partial charge in [0.05, 0.1) is 13.4 Å². The number of carbonyl (C=O) groups excluding carboxylic acids is 2. The molecule has 0 aromatic carbocycles. The number of methoxy groups -OCH3 is 1. The van der Waals surface area contributed by atoms with Crippen LogP contribution in [-0.4, -0.2) is 19.0 Å². The molecule has 0 aromatic rings. The number of carbonyl (C=O) groups is 2. The molecule has 0 aliphatic rings. The highest BCUT2D eigenvalue weighted by molar-refractivity contribution is 5.80. The maximum absolute atomic E-state index is 11.0. The molecule has 0 spiro atoms. The molecule has 4 heteroatoms. The van der Waals surface area contributed by atoms with Gasteiger partial charge < -0.3 is 9.47 Å². The van der Waals surface area contributed by atoms with Crippen LogP contribution in [0.5, 0.6) is 0 Å². The monoisotopic (exact) mass is 312 g/mol. The largest absolute Gasteiger partial charge is 0.466 e. The van der Waals surface area contributed by atoms with Crippen LogP contribution in [0, 0.1) is 0 Å². The smallest absolute Gasteiger partial charge is 0.329 e. The van der Waals surface area contributed by atoms with E-state index < -0.39 is 5.97 Å². The molecule has 22 heavy (non-hydrogen) atoms. The Labute approximate surface area is 135 Å². The Hall–Kier alpha value is -1.58. The molecule has 0 radical (unpaired) electrons. The van der Waals surface area contributed by atoms with Crippen LogP contribution in [0.15, 0.2) is 25.5 Å². The van der Waals surface area contributed by atoms with Gasteiger partial charge in [-0.2, -0.15) is 0 Å². The van der Waals surface area contributed by atoms with Crippen molar-refractivity contribution in [2.24, 2.45) is 0 Å². The molecule has 0 aliphatic carbocycles. The molecule has 128 valence electrons. The standard InChI is InChI=1S/C14H26O2.C4H6O2/c1-3-5-6-7-8-9-10-11-12-13-14(15)16-4-2;1-3-4(5)6-2/h4H,2-3,5-13H2,1H3;3H,1H2,2H3. The molecular weight excluding hydrogens is 280 g/mol. The summed E-state index contributed by atoms with van der Waals surface area (Å²) < 4.78 is 8.78. The van der Waals surface area contributed by atoms with E-state index in [1.165, 1.54) is 58.3 Å². The Kier molecular flexibility index (Phi) is 20.0. The zero-order chi connectivity index (χ0) is 17.1. The minimum atomic E-state index is -0.394. The topological polar surface area (TPSA) is 52.6 Å². The molecule has 0 bridgehead atoms. The zero-order valence-electron chi connectivity index (χ0n) is 14.3. The minimum Gasteiger partial charge on any atom is -0.466 e. The van der Waals surface area contributed by atoms with Crippen LogP contribution in [0.1, 0.15) is 71.1 Å². The fraction of sp³-hybridized carbons (Fsp3) is 0.667. The summed E-state index contributed by atoms with van der Waals surface area (Å²) in [5.41, 5.74) is 0. The Morgan fingerprint density at radius 2 is 1.41 bits per heavy atom. The average molecular weight is 312 g/mol. The SMILES string of the molecule is C=CC(=O)OC.C=COC(=O)CCCCCCCCCCC. The van der Waals surface area contributed by atoms with Crippen molar-refractivity contribution in [2.75, 3.05) is 7.11 Å². The van der Waals surface area contributed by atoms with E-state index in [1.54, 1.807) is 0 Å². The van der Waals surface area contributed by atoms with Crippen LogP contribution in [0.2, 0.25) is 0 Å². The fourth-order valence-corrected chi connectivity index (χ4v) is 1.82. The van der Waals surface area contributed by atoms with E-state index in [0.29, 0.717) is 6.42 Å². The number of rotatable bonds is 12. The summed E-state index contributed by atoms with van der Waals surface area (Å²) in [5.74, 6) is -0.548. The van der Waals surface area contributed by atoms with E-state index in [9.17, 15) is 9.59 Å². The van der Waals surface area contributed by atoms with Crippen LogP contribution in [0.4, 0.5) is 0 Å². The van der Waals surface area contributed by atoms with Gasteiger partial charge in [0.2, 0.25) is 0 Å². The first-order chi connectivity index (χ1) is 10.6. The molecule has 0 unspecified atom stereocenters. The van der Waals surface area contributed by atoms with Crippen molar-refractivity contribution in [3.05, 3.63) is 25.5 Å². The lowest BCUT2D eigenvalue weighted by atomic mass is 10.1. The van der Waals surface area contributed by atoms with Crippen LogP contribution in [0.25, 0.3) is 0 Å². The molecule has 0 saturated heterocycles. The quantitative estimate of drug-likeness (QED) is 0.222. The zero-order valence-corrected chi connectivity index (χ0v) is 14.3. The number of ether oxygens (including phenoxy) is 2. The normalized spacial score (nSPS) is 9.18. The summed E-state index contributed by atoms with van der Waals surface area (Å²) in [6.45, 7) is 8.75. The summed E-state index contributed by atoms with van der Waals surface area (Å²) in [5, 5.41) is 0. The first kappa shape index (κ1) is 22.7. The van der Waals surface area contributed by atoms with Gasteiger partial charge in [0.15, 0.2) is 0 Å². The highest BCUT2D eigenvalue weighted by Crippen LogP contribution is 2.10. The van der Waals surface area contributed by atoms with Crippen molar-refractivity contribution in [1.29, 1.82) is 0 Å². The molecule has 0 atom stereocenters. The number of esters is 2.